The van der Waals surface area contributed by atoms with E-state index in [0.29, 0.717) is 31.0 Å². The van der Waals surface area contributed by atoms with Gasteiger partial charge in [0.25, 0.3) is 0 Å². The minimum absolute atomic E-state index is 0. The summed E-state index contributed by atoms with van der Waals surface area (Å²) in [4.78, 5) is 17.6. The third-order valence-corrected chi connectivity index (χ3v) is 4.04. The largest absolute Gasteiger partial charge is 0.376 e. The van der Waals surface area contributed by atoms with Gasteiger partial charge >= 0.3 is 0 Å². The molecule has 1 saturated heterocycles. The summed E-state index contributed by atoms with van der Waals surface area (Å²) in [5, 5.41) is 6.37. The first-order valence-corrected chi connectivity index (χ1v) is 8.63. The van der Waals surface area contributed by atoms with E-state index in [4.69, 9.17) is 4.74 Å². The number of benzene rings is 1. The molecule has 1 aliphatic rings. The number of ether oxygens (including phenoxy) is 1. The first-order valence-electron chi connectivity index (χ1n) is 8.63. The molecular weight excluding hydrogens is 450 g/mol. The second-order valence-corrected chi connectivity index (χ2v) is 6.24. The molecular formula is C18H28FIN4O2. The number of nitrogens with zero attached hydrogens (tertiary/aromatic N) is 2. The highest BCUT2D eigenvalue weighted by atomic mass is 127. The third-order valence-electron chi connectivity index (χ3n) is 4.04. The average Bonchev–Trinajstić information content (AvgIpc) is 3.11. The number of aliphatic imine (C=N–C) groups is 1. The molecule has 1 atom stereocenters. The second kappa shape index (κ2) is 12.1. The van der Waals surface area contributed by atoms with Gasteiger partial charge in [0.1, 0.15) is 12.4 Å². The van der Waals surface area contributed by atoms with Crippen molar-refractivity contribution in [1.82, 2.24) is 15.5 Å². The monoisotopic (exact) mass is 478 g/mol. The smallest absolute Gasteiger partial charge is 0.243 e. The highest BCUT2D eigenvalue weighted by Crippen LogP contribution is 2.10. The summed E-state index contributed by atoms with van der Waals surface area (Å²) < 4.78 is 19.3. The zero-order valence-corrected chi connectivity index (χ0v) is 17.7. The fraction of sp³-hybridized carbons (Fsp3) is 0.556. The fourth-order valence-corrected chi connectivity index (χ4v) is 2.49. The van der Waals surface area contributed by atoms with Gasteiger partial charge in [-0.3, -0.25) is 4.79 Å². The topological polar surface area (TPSA) is 66.0 Å². The van der Waals surface area contributed by atoms with Crippen molar-refractivity contribution in [3.63, 3.8) is 0 Å². The number of nitrogens with one attached hydrogen (secondary N) is 2. The third kappa shape index (κ3) is 7.86. The Kier molecular flexibility index (Phi) is 10.5. The van der Waals surface area contributed by atoms with E-state index in [2.05, 4.69) is 15.6 Å². The number of carbonyl (C=O) groups is 1. The van der Waals surface area contributed by atoms with E-state index in [1.165, 1.54) is 11.0 Å². The van der Waals surface area contributed by atoms with Crippen molar-refractivity contribution in [3.05, 3.63) is 35.6 Å². The molecule has 0 aromatic heterocycles. The molecule has 1 fully saturated rings. The predicted molar refractivity (Wildman–Crippen MR) is 111 cm³/mol. The molecule has 8 heteroatoms. The lowest BCUT2D eigenvalue weighted by Gasteiger charge is -2.16. The van der Waals surface area contributed by atoms with Crippen molar-refractivity contribution < 1.29 is 13.9 Å². The molecule has 0 spiro atoms. The van der Waals surface area contributed by atoms with Crippen molar-refractivity contribution in [1.29, 1.82) is 0 Å². The van der Waals surface area contributed by atoms with Crippen LogP contribution in [0.3, 0.4) is 0 Å². The minimum Gasteiger partial charge on any atom is -0.376 e. The Labute approximate surface area is 171 Å². The van der Waals surface area contributed by atoms with E-state index < -0.39 is 0 Å². The average molecular weight is 478 g/mol. The molecule has 0 aliphatic carbocycles. The van der Waals surface area contributed by atoms with Crippen LogP contribution in [0.2, 0.25) is 0 Å². The molecule has 0 radical (unpaired) electrons. The Bertz CT molecular complexity index is 592. The second-order valence-electron chi connectivity index (χ2n) is 6.24. The van der Waals surface area contributed by atoms with Gasteiger partial charge in [0.05, 0.1) is 6.10 Å². The number of guanidine groups is 1. The van der Waals surface area contributed by atoms with Crippen molar-refractivity contribution >= 4 is 35.8 Å². The minimum atomic E-state index is -0.210. The Morgan fingerprint density at radius 3 is 2.77 bits per heavy atom. The standard InChI is InChI=1S/C18H27FN4O2.HI/c1-23(2)17(24)13-22-18(21-12-15-7-5-11-25-15)20-10-9-14-6-3-4-8-16(14)19;/h3-4,6,8,15H,5,7,9-13H2,1-2H3,(H2,20,21,22);1H. The molecule has 0 saturated carbocycles. The van der Waals surface area contributed by atoms with E-state index in [1.54, 1.807) is 26.2 Å². The molecule has 1 heterocycles. The lowest BCUT2D eigenvalue weighted by Crippen LogP contribution is -2.42. The highest BCUT2D eigenvalue weighted by molar-refractivity contribution is 14.0. The van der Waals surface area contributed by atoms with Gasteiger partial charge in [-0.1, -0.05) is 18.2 Å². The lowest BCUT2D eigenvalue weighted by atomic mass is 10.1. The summed E-state index contributed by atoms with van der Waals surface area (Å²) >= 11 is 0. The summed E-state index contributed by atoms with van der Waals surface area (Å²) in [7, 11) is 3.39. The van der Waals surface area contributed by atoms with Crippen LogP contribution in [0.4, 0.5) is 4.39 Å². The number of hydrogen-bond donors (Lipinski definition) is 2. The van der Waals surface area contributed by atoms with Gasteiger partial charge in [-0.2, -0.15) is 0 Å². The van der Waals surface area contributed by atoms with Crippen LogP contribution in [0, 0.1) is 5.82 Å². The zero-order chi connectivity index (χ0) is 18.1. The number of amides is 1. The van der Waals surface area contributed by atoms with Gasteiger partial charge in [0.15, 0.2) is 5.96 Å². The molecule has 1 aromatic rings. The normalized spacial score (nSPS) is 16.7. The Morgan fingerprint density at radius 2 is 2.12 bits per heavy atom. The van der Waals surface area contributed by atoms with E-state index in [-0.39, 0.29) is 48.3 Å². The van der Waals surface area contributed by atoms with Crippen LogP contribution in [0.5, 0.6) is 0 Å². The highest BCUT2D eigenvalue weighted by Gasteiger charge is 2.15. The van der Waals surface area contributed by atoms with Gasteiger partial charge in [-0.25, -0.2) is 9.38 Å². The molecule has 0 bridgehead atoms. The van der Waals surface area contributed by atoms with Gasteiger partial charge in [0, 0.05) is 33.8 Å². The summed E-state index contributed by atoms with van der Waals surface area (Å²) in [6.07, 6.45) is 2.79. The van der Waals surface area contributed by atoms with Crippen LogP contribution in [0.1, 0.15) is 18.4 Å². The van der Waals surface area contributed by atoms with Crippen LogP contribution < -0.4 is 10.6 Å². The Hall–Kier alpha value is -1.42. The summed E-state index contributed by atoms with van der Waals surface area (Å²) in [5.74, 6) is 0.257. The van der Waals surface area contributed by atoms with Crippen molar-refractivity contribution in [3.8, 4) is 0 Å². The van der Waals surface area contributed by atoms with Gasteiger partial charge in [-0.15, -0.1) is 24.0 Å². The molecule has 1 unspecified atom stereocenters. The molecule has 2 rings (SSSR count). The van der Waals surface area contributed by atoms with Crippen LogP contribution in [0.25, 0.3) is 0 Å². The quantitative estimate of drug-likeness (QED) is 0.357. The Morgan fingerprint density at radius 1 is 1.35 bits per heavy atom. The van der Waals surface area contributed by atoms with Gasteiger partial charge < -0.3 is 20.3 Å². The van der Waals surface area contributed by atoms with Gasteiger partial charge in [0.2, 0.25) is 5.91 Å². The molecule has 6 nitrogen and oxygen atoms in total. The van der Waals surface area contributed by atoms with E-state index in [0.717, 1.165) is 19.4 Å². The Balaban J connectivity index is 0.00000338. The maximum Gasteiger partial charge on any atom is 0.243 e. The van der Waals surface area contributed by atoms with E-state index in [9.17, 15) is 9.18 Å². The van der Waals surface area contributed by atoms with Crippen LogP contribution in [-0.2, 0) is 16.0 Å². The summed E-state index contributed by atoms with van der Waals surface area (Å²) in [6, 6.07) is 6.72. The maximum atomic E-state index is 13.7. The molecule has 146 valence electrons. The van der Waals surface area contributed by atoms with Crippen molar-refractivity contribution in [2.75, 3.05) is 40.3 Å². The van der Waals surface area contributed by atoms with E-state index in [1.807, 2.05) is 6.07 Å². The maximum absolute atomic E-state index is 13.7. The molecule has 26 heavy (non-hydrogen) atoms. The molecule has 1 aromatic carbocycles. The zero-order valence-electron chi connectivity index (χ0n) is 15.3. The first-order chi connectivity index (χ1) is 12.1. The fourth-order valence-electron chi connectivity index (χ4n) is 2.49. The number of halogens is 2. The number of hydrogen-bond acceptors (Lipinski definition) is 3. The van der Waals surface area contributed by atoms with Crippen molar-refractivity contribution in [2.45, 2.75) is 25.4 Å². The van der Waals surface area contributed by atoms with Gasteiger partial charge in [-0.05, 0) is 30.9 Å². The molecule has 1 aliphatic heterocycles. The molecule has 1 amide bonds. The number of rotatable bonds is 7. The lowest BCUT2D eigenvalue weighted by molar-refractivity contribution is -0.127. The van der Waals surface area contributed by atoms with E-state index >= 15 is 0 Å². The van der Waals surface area contributed by atoms with Crippen molar-refractivity contribution in [2.24, 2.45) is 4.99 Å². The summed E-state index contributed by atoms with van der Waals surface area (Å²) in [6.45, 7) is 2.02. The molecule has 2 N–H and O–H groups in total. The number of carbonyl (C=O) groups excluding carboxylic acids is 1. The first kappa shape index (κ1) is 22.6. The van der Waals surface area contributed by atoms with Crippen LogP contribution >= 0.6 is 24.0 Å². The van der Waals surface area contributed by atoms with Crippen LogP contribution in [0.15, 0.2) is 29.3 Å². The number of likely N-dealkylation sites (N-methyl/N-ethyl adjacent to an activating group) is 1. The van der Waals surface area contributed by atoms with Crippen LogP contribution in [-0.4, -0.2) is 63.2 Å². The summed E-state index contributed by atoms with van der Waals surface area (Å²) in [5.41, 5.74) is 0.651. The predicted octanol–water partition coefficient (Wildman–Crippen LogP) is 1.79. The SMILES string of the molecule is CN(C)C(=O)CN=C(NCCc1ccccc1F)NCC1CCCO1.I.